The molecule has 0 aliphatic carbocycles. The van der Waals surface area contributed by atoms with Gasteiger partial charge in [0.05, 0.1) is 6.54 Å². The summed E-state index contributed by atoms with van der Waals surface area (Å²) in [5, 5.41) is 3.71. The van der Waals surface area contributed by atoms with E-state index in [2.05, 4.69) is 15.7 Å². The summed E-state index contributed by atoms with van der Waals surface area (Å²) in [6, 6.07) is 7.60. The third kappa shape index (κ3) is 3.77. The predicted molar refractivity (Wildman–Crippen MR) is 63.6 cm³/mol. The standard InChI is InChI=1S/C10H15ClN4/c1-2-13-10(15-12)14-7-8-5-3-4-6-9(8)11/h3-6H,2,7,12H2,1H3,(H2,13,14,15). The van der Waals surface area contributed by atoms with Crippen LogP contribution in [0.5, 0.6) is 0 Å². The number of nitrogens with zero attached hydrogens (tertiary/aromatic N) is 1. The van der Waals surface area contributed by atoms with Crippen LogP contribution in [-0.4, -0.2) is 12.5 Å². The fourth-order valence-corrected chi connectivity index (χ4v) is 1.31. The van der Waals surface area contributed by atoms with Crippen LogP contribution in [0.3, 0.4) is 0 Å². The van der Waals surface area contributed by atoms with E-state index in [1.54, 1.807) is 0 Å². The first kappa shape index (κ1) is 11.8. The monoisotopic (exact) mass is 226 g/mol. The molecule has 0 aromatic heterocycles. The molecule has 0 unspecified atom stereocenters. The Labute approximate surface area is 94.5 Å². The van der Waals surface area contributed by atoms with Crippen LogP contribution in [0.25, 0.3) is 0 Å². The van der Waals surface area contributed by atoms with E-state index in [1.165, 1.54) is 0 Å². The molecule has 82 valence electrons. The quantitative estimate of drug-likeness (QED) is 0.315. The van der Waals surface area contributed by atoms with Gasteiger partial charge in [-0.25, -0.2) is 10.8 Å². The number of aliphatic imine (C=N–C) groups is 1. The summed E-state index contributed by atoms with van der Waals surface area (Å²) in [4.78, 5) is 4.25. The molecule has 0 saturated carbocycles. The molecule has 0 spiro atoms. The molecule has 0 heterocycles. The molecule has 1 rings (SSSR count). The average Bonchev–Trinajstić information content (AvgIpc) is 2.26. The van der Waals surface area contributed by atoms with Gasteiger partial charge in [0.15, 0.2) is 0 Å². The Balaban J connectivity index is 2.65. The largest absolute Gasteiger partial charge is 0.356 e. The van der Waals surface area contributed by atoms with Gasteiger partial charge < -0.3 is 5.32 Å². The van der Waals surface area contributed by atoms with Crippen LogP contribution in [0.2, 0.25) is 5.02 Å². The molecule has 0 aliphatic heterocycles. The molecule has 0 radical (unpaired) electrons. The first-order valence-electron chi connectivity index (χ1n) is 4.76. The van der Waals surface area contributed by atoms with Gasteiger partial charge in [-0.2, -0.15) is 0 Å². The van der Waals surface area contributed by atoms with E-state index in [-0.39, 0.29) is 0 Å². The van der Waals surface area contributed by atoms with Crippen molar-refractivity contribution < 1.29 is 0 Å². The van der Waals surface area contributed by atoms with Crippen molar-refractivity contribution >= 4 is 17.6 Å². The third-order valence-electron chi connectivity index (χ3n) is 1.85. The number of hydrazine groups is 1. The van der Waals surface area contributed by atoms with Gasteiger partial charge in [-0.3, -0.25) is 5.43 Å². The molecule has 4 nitrogen and oxygen atoms in total. The molecule has 5 heteroatoms. The minimum absolute atomic E-state index is 0.506. The van der Waals surface area contributed by atoms with E-state index in [0.717, 1.165) is 12.1 Å². The zero-order valence-electron chi connectivity index (χ0n) is 8.63. The minimum Gasteiger partial charge on any atom is -0.356 e. The van der Waals surface area contributed by atoms with Gasteiger partial charge in [0.1, 0.15) is 0 Å². The van der Waals surface area contributed by atoms with Crippen molar-refractivity contribution in [1.29, 1.82) is 0 Å². The van der Waals surface area contributed by atoms with E-state index >= 15 is 0 Å². The number of nitrogens with one attached hydrogen (secondary N) is 2. The SMILES string of the molecule is CCNC(=NCc1ccccc1Cl)NN. The molecule has 0 amide bonds. The Morgan fingerprint density at radius 1 is 1.47 bits per heavy atom. The van der Waals surface area contributed by atoms with E-state index in [4.69, 9.17) is 17.4 Å². The van der Waals surface area contributed by atoms with E-state index in [0.29, 0.717) is 17.5 Å². The highest BCUT2D eigenvalue weighted by molar-refractivity contribution is 6.31. The highest BCUT2D eigenvalue weighted by Crippen LogP contribution is 2.15. The zero-order valence-corrected chi connectivity index (χ0v) is 9.38. The number of halogens is 1. The first-order chi connectivity index (χ1) is 7.27. The van der Waals surface area contributed by atoms with Gasteiger partial charge in [0, 0.05) is 11.6 Å². The fourth-order valence-electron chi connectivity index (χ4n) is 1.11. The molecule has 1 aromatic carbocycles. The second-order valence-corrected chi connectivity index (χ2v) is 3.34. The second kappa shape index (κ2) is 6.27. The number of guanidine groups is 1. The predicted octanol–water partition coefficient (Wildman–Crippen LogP) is 1.27. The van der Waals surface area contributed by atoms with Crippen LogP contribution in [-0.2, 0) is 6.54 Å². The number of benzene rings is 1. The maximum absolute atomic E-state index is 5.99. The van der Waals surface area contributed by atoms with E-state index < -0.39 is 0 Å². The summed E-state index contributed by atoms with van der Waals surface area (Å²) in [7, 11) is 0. The van der Waals surface area contributed by atoms with Crippen molar-refractivity contribution in [3.63, 3.8) is 0 Å². The number of nitrogens with two attached hydrogens (primary N) is 1. The summed E-state index contributed by atoms with van der Waals surface area (Å²) in [6.07, 6.45) is 0. The minimum atomic E-state index is 0.506. The maximum atomic E-state index is 5.99. The van der Waals surface area contributed by atoms with Crippen LogP contribution >= 0.6 is 11.6 Å². The highest BCUT2D eigenvalue weighted by atomic mass is 35.5. The van der Waals surface area contributed by atoms with E-state index in [9.17, 15) is 0 Å². The van der Waals surface area contributed by atoms with Crippen LogP contribution in [0.4, 0.5) is 0 Å². The molecule has 0 atom stereocenters. The Morgan fingerprint density at radius 2 is 2.20 bits per heavy atom. The van der Waals surface area contributed by atoms with Gasteiger partial charge in [-0.05, 0) is 18.6 Å². The lowest BCUT2D eigenvalue weighted by Crippen LogP contribution is -2.41. The van der Waals surface area contributed by atoms with Crippen LogP contribution in [0.1, 0.15) is 12.5 Å². The van der Waals surface area contributed by atoms with Crippen LogP contribution < -0.4 is 16.6 Å². The molecule has 0 fully saturated rings. The van der Waals surface area contributed by atoms with Crippen molar-refractivity contribution in [2.75, 3.05) is 6.54 Å². The smallest absolute Gasteiger partial charge is 0.206 e. The number of hydrogen-bond acceptors (Lipinski definition) is 2. The van der Waals surface area contributed by atoms with Crippen LogP contribution in [0.15, 0.2) is 29.3 Å². The molecular formula is C10H15ClN4. The Kier molecular flexibility index (Phi) is 4.93. The number of hydrogen-bond donors (Lipinski definition) is 3. The molecule has 0 bridgehead atoms. The maximum Gasteiger partial charge on any atom is 0.206 e. The van der Waals surface area contributed by atoms with Crippen molar-refractivity contribution in [1.82, 2.24) is 10.7 Å². The highest BCUT2D eigenvalue weighted by Gasteiger charge is 1.98. The third-order valence-corrected chi connectivity index (χ3v) is 2.22. The Morgan fingerprint density at radius 3 is 2.80 bits per heavy atom. The summed E-state index contributed by atoms with van der Waals surface area (Å²) in [5.41, 5.74) is 3.47. The van der Waals surface area contributed by atoms with Crippen molar-refractivity contribution in [2.24, 2.45) is 10.8 Å². The second-order valence-electron chi connectivity index (χ2n) is 2.93. The zero-order chi connectivity index (χ0) is 11.1. The molecular weight excluding hydrogens is 212 g/mol. The normalized spacial score (nSPS) is 11.3. The summed E-state index contributed by atoms with van der Waals surface area (Å²) in [5.74, 6) is 5.85. The topological polar surface area (TPSA) is 62.4 Å². The Hall–Kier alpha value is -1.26. The van der Waals surface area contributed by atoms with E-state index in [1.807, 2.05) is 31.2 Å². The van der Waals surface area contributed by atoms with Crippen LogP contribution in [0, 0.1) is 0 Å². The molecule has 4 N–H and O–H groups in total. The average molecular weight is 227 g/mol. The molecule has 0 aliphatic rings. The van der Waals surface area contributed by atoms with Gasteiger partial charge in [-0.1, -0.05) is 29.8 Å². The lowest BCUT2D eigenvalue weighted by atomic mass is 10.2. The van der Waals surface area contributed by atoms with Crippen molar-refractivity contribution in [2.45, 2.75) is 13.5 Å². The van der Waals surface area contributed by atoms with Crippen molar-refractivity contribution in [3.8, 4) is 0 Å². The lowest BCUT2D eigenvalue weighted by Gasteiger charge is -2.06. The summed E-state index contributed by atoms with van der Waals surface area (Å²) < 4.78 is 0. The fraction of sp³-hybridized carbons (Fsp3) is 0.300. The van der Waals surface area contributed by atoms with Gasteiger partial charge in [0.2, 0.25) is 5.96 Å². The lowest BCUT2D eigenvalue weighted by molar-refractivity contribution is 0.852. The summed E-state index contributed by atoms with van der Waals surface area (Å²) >= 11 is 5.99. The number of rotatable bonds is 3. The summed E-state index contributed by atoms with van der Waals surface area (Å²) in [6.45, 7) is 3.25. The Bertz CT molecular complexity index is 338. The first-order valence-corrected chi connectivity index (χ1v) is 5.14. The molecule has 0 saturated heterocycles. The van der Waals surface area contributed by atoms with Gasteiger partial charge in [0.25, 0.3) is 0 Å². The van der Waals surface area contributed by atoms with Gasteiger partial charge >= 0.3 is 0 Å². The van der Waals surface area contributed by atoms with Gasteiger partial charge in [-0.15, -0.1) is 0 Å². The molecule has 15 heavy (non-hydrogen) atoms. The van der Waals surface area contributed by atoms with Crippen molar-refractivity contribution in [3.05, 3.63) is 34.9 Å². The molecule has 1 aromatic rings.